The lowest BCUT2D eigenvalue weighted by Gasteiger charge is -2.38. The molecule has 0 atom stereocenters. The first-order valence-electron chi connectivity index (χ1n) is 5.77. The molecule has 0 radical (unpaired) electrons. The largest absolute Gasteiger partial charge is 0.395 e. The van der Waals surface area contributed by atoms with Gasteiger partial charge < -0.3 is 5.11 Å². The summed E-state index contributed by atoms with van der Waals surface area (Å²) in [7, 11) is 0. The minimum absolute atomic E-state index is 0.0152. The number of benzene rings is 1. The molecular weight excluding hydrogens is 221 g/mol. The van der Waals surface area contributed by atoms with Gasteiger partial charge in [-0.1, -0.05) is 24.3 Å². The van der Waals surface area contributed by atoms with E-state index in [1.807, 2.05) is 12.1 Å². The van der Waals surface area contributed by atoms with E-state index in [1.165, 1.54) is 0 Å². The summed E-state index contributed by atoms with van der Waals surface area (Å²) in [6.07, 6.45) is 1.99. The lowest BCUT2D eigenvalue weighted by molar-refractivity contribution is -0.0269. The fourth-order valence-corrected chi connectivity index (χ4v) is 2.36. The maximum atomic E-state index is 13.0. The van der Waals surface area contributed by atoms with Gasteiger partial charge in [0.25, 0.3) is 0 Å². The normalized spacial score (nSPS) is 20.1. The molecule has 2 rings (SSSR count). The minimum atomic E-state index is -0.357. The summed E-state index contributed by atoms with van der Waals surface area (Å²) in [6.45, 7) is 0.702. The number of halogens is 1. The van der Waals surface area contributed by atoms with Gasteiger partial charge in [-0.3, -0.25) is 4.79 Å². The highest BCUT2D eigenvalue weighted by Crippen LogP contribution is 2.35. The van der Waals surface area contributed by atoms with Gasteiger partial charge in [0.05, 0.1) is 6.61 Å². The molecular formula is C13H16FNO2. The van der Waals surface area contributed by atoms with Crippen molar-refractivity contribution in [3.63, 3.8) is 0 Å². The summed E-state index contributed by atoms with van der Waals surface area (Å²) in [5.74, 6) is 0. The number of carbonyl (C=O) groups is 1. The fraction of sp³-hybridized carbons (Fsp3) is 0.462. The molecule has 1 aliphatic heterocycles. The highest BCUT2D eigenvalue weighted by molar-refractivity contribution is 5.74. The van der Waals surface area contributed by atoms with E-state index in [-0.39, 0.29) is 12.0 Å². The fourth-order valence-electron chi connectivity index (χ4n) is 2.36. The first-order valence-corrected chi connectivity index (χ1v) is 5.77. The SMILES string of the molecule is O=Cc1ccc(C2(CO)CCN(F)CC2)cc1. The Hall–Kier alpha value is -1.26. The molecule has 0 spiro atoms. The maximum Gasteiger partial charge on any atom is 0.150 e. The Bertz CT molecular complexity index is 383. The van der Waals surface area contributed by atoms with Crippen molar-refractivity contribution in [2.24, 2.45) is 0 Å². The Kier molecular flexibility index (Phi) is 3.54. The van der Waals surface area contributed by atoms with Crippen molar-refractivity contribution in [1.82, 2.24) is 5.12 Å². The Labute approximate surface area is 99.8 Å². The summed E-state index contributed by atoms with van der Waals surface area (Å²) in [5.41, 5.74) is 1.24. The number of hydrogen-bond donors (Lipinski definition) is 1. The first-order chi connectivity index (χ1) is 8.20. The molecule has 3 nitrogen and oxygen atoms in total. The van der Waals surface area contributed by atoms with Crippen LogP contribution in [0.4, 0.5) is 4.48 Å². The summed E-state index contributed by atoms with van der Waals surface area (Å²) in [6, 6.07) is 7.19. The highest BCUT2D eigenvalue weighted by atomic mass is 19.2. The molecule has 0 aliphatic carbocycles. The summed E-state index contributed by atoms with van der Waals surface area (Å²) >= 11 is 0. The van der Waals surface area contributed by atoms with Gasteiger partial charge in [-0.2, -0.15) is 0 Å². The average Bonchev–Trinajstić information content (AvgIpc) is 2.40. The van der Waals surface area contributed by atoms with E-state index >= 15 is 0 Å². The second-order valence-electron chi connectivity index (χ2n) is 4.59. The highest BCUT2D eigenvalue weighted by Gasteiger charge is 2.35. The third-order valence-corrected chi connectivity index (χ3v) is 3.63. The molecule has 0 bridgehead atoms. The third kappa shape index (κ3) is 2.37. The minimum Gasteiger partial charge on any atom is -0.395 e. The number of rotatable bonds is 3. The van der Waals surface area contributed by atoms with Crippen molar-refractivity contribution >= 4 is 6.29 Å². The van der Waals surface area contributed by atoms with Gasteiger partial charge in [0.15, 0.2) is 0 Å². The number of aliphatic hydroxyl groups is 1. The van der Waals surface area contributed by atoms with Gasteiger partial charge in [-0.25, -0.2) is 0 Å². The van der Waals surface area contributed by atoms with Crippen LogP contribution in [0.5, 0.6) is 0 Å². The van der Waals surface area contributed by atoms with E-state index in [0.717, 1.165) is 17.0 Å². The van der Waals surface area contributed by atoms with Crippen molar-refractivity contribution in [2.75, 3.05) is 19.7 Å². The van der Waals surface area contributed by atoms with E-state index in [0.29, 0.717) is 31.5 Å². The van der Waals surface area contributed by atoms with Gasteiger partial charge in [-0.05, 0) is 18.4 Å². The van der Waals surface area contributed by atoms with E-state index < -0.39 is 0 Å². The zero-order chi connectivity index (χ0) is 12.3. The molecule has 92 valence electrons. The predicted octanol–water partition coefficient (Wildman–Crippen LogP) is 1.71. The lowest BCUT2D eigenvalue weighted by atomic mass is 9.74. The lowest BCUT2D eigenvalue weighted by Crippen LogP contribution is -2.41. The summed E-state index contributed by atoms with van der Waals surface area (Å²) < 4.78 is 13.0. The maximum absolute atomic E-state index is 13.0. The third-order valence-electron chi connectivity index (χ3n) is 3.63. The number of hydrogen-bond acceptors (Lipinski definition) is 3. The molecule has 0 unspecified atom stereocenters. The van der Waals surface area contributed by atoms with Crippen LogP contribution in [0.25, 0.3) is 0 Å². The Morgan fingerprint density at radius 2 is 1.88 bits per heavy atom. The van der Waals surface area contributed by atoms with Crippen LogP contribution in [0.1, 0.15) is 28.8 Å². The van der Waals surface area contributed by atoms with E-state index in [9.17, 15) is 14.4 Å². The topological polar surface area (TPSA) is 40.5 Å². The van der Waals surface area contributed by atoms with Crippen LogP contribution in [0.2, 0.25) is 0 Å². The smallest absolute Gasteiger partial charge is 0.150 e. The first kappa shape index (κ1) is 12.2. The standard InChI is InChI=1S/C13H16FNO2/c14-15-7-5-13(10-17,6-8-15)12-3-1-11(9-16)2-4-12/h1-4,9,17H,5-8,10H2. The van der Waals surface area contributed by atoms with Crippen molar-refractivity contribution in [2.45, 2.75) is 18.3 Å². The van der Waals surface area contributed by atoms with Crippen LogP contribution < -0.4 is 0 Å². The second-order valence-corrected chi connectivity index (χ2v) is 4.59. The molecule has 1 aromatic carbocycles. The molecule has 1 fully saturated rings. The van der Waals surface area contributed by atoms with Gasteiger partial charge in [0, 0.05) is 24.1 Å². The van der Waals surface area contributed by atoms with Crippen LogP contribution in [0, 0.1) is 0 Å². The quantitative estimate of drug-likeness (QED) is 0.642. The monoisotopic (exact) mass is 237 g/mol. The van der Waals surface area contributed by atoms with Crippen molar-refractivity contribution in [3.05, 3.63) is 35.4 Å². The predicted molar refractivity (Wildman–Crippen MR) is 62.5 cm³/mol. The van der Waals surface area contributed by atoms with Gasteiger partial charge >= 0.3 is 0 Å². The zero-order valence-electron chi connectivity index (χ0n) is 9.60. The van der Waals surface area contributed by atoms with Crippen molar-refractivity contribution in [3.8, 4) is 0 Å². The van der Waals surface area contributed by atoms with Gasteiger partial charge in [0.1, 0.15) is 6.29 Å². The van der Waals surface area contributed by atoms with Crippen LogP contribution in [-0.2, 0) is 5.41 Å². The molecule has 1 aromatic rings. The number of carbonyl (C=O) groups excluding carboxylic acids is 1. The molecule has 1 heterocycles. The van der Waals surface area contributed by atoms with Crippen LogP contribution >= 0.6 is 0 Å². The number of nitrogens with zero attached hydrogens (tertiary/aromatic N) is 1. The average molecular weight is 237 g/mol. The number of aliphatic hydroxyl groups excluding tert-OH is 1. The molecule has 17 heavy (non-hydrogen) atoms. The van der Waals surface area contributed by atoms with Crippen LogP contribution in [-0.4, -0.2) is 36.2 Å². The number of piperidine rings is 1. The Morgan fingerprint density at radius 1 is 1.29 bits per heavy atom. The molecule has 1 saturated heterocycles. The van der Waals surface area contributed by atoms with Crippen molar-refractivity contribution < 1.29 is 14.4 Å². The van der Waals surface area contributed by atoms with Crippen LogP contribution in [0.15, 0.2) is 24.3 Å². The molecule has 0 aromatic heterocycles. The Balaban J connectivity index is 2.24. The van der Waals surface area contributed by atoms with E-state index in [1.54, 1.807) is 12.1 Å². The molecule has 1 aliphatic rings. The molecule has 1 N–H and O–H groups in total. The molecule has 4 heteroatoms. The van der Waals surface area contributed by atoms with Crippen molar-refractivity contribution in [1.29, 1.82) is 0 Å². The Morgan fingerprint density at radius 3 is 2.35 bits per heavy atom. The van der Waals surface area contributed by atoms with Gasteiger partial charge in [-0.15, -0.1) is 9.60 Å². The van der Waals surface area contributed by atoms with Gasteiger partial charge in [0.2, 0.25) is 0 Å². The van der Waals surface area contributed by atoms with Crippen LogP contribution in [0.3, 0.4) is 0 Å². The second kappa shape index (κ2) is 4.94. The zero-order valence-corrected chi connectivity index (χ0v) is 9.60. The molecule has 0 amide bonds. The summed E-state index contributed by atoms with van der Waals surface area (Å²) in [4.78, 5) is 10.6. The van der Waals surface area contributed by atoms with E-state index in [2.05, 4.69) is 0 Å². The molecule has 0 saturated carbocycles. The van der Waals surface area contributed by atoms with E-state index in [4.69, 9.17) is 0 Å². The summed E-state index contributed by atoms with van der Waals surface area (Å²) in [5, 5.41) is 10.4. The number of aldehydes is 1.